The molecule has 0 N–H and O–H groups in total. The first-order chi connectivity index (χ1) is 11.8. The Morgan fingerprint density at radius 3 is 2.56 bits per heavy atom. The van der Waals surface area contributed by atoms with Crippen molar-refractivity contribution in [2.45, 2.75) is 51.3 Å². The average molecular weight is 353 g/mol. The van der Waals surface area contributed by atoms with Crippen molar-refractivity contribution in [3.63, 3.8) is 0 Å². The molecule has 0 unspecified atom stereocenters. The third-order valence-corrected chi connectivity index (χ3v) is 4.91. The summed E-state index contributed by atoms with van der Waals surface area (Å²) in [5.74, 6) is 2.88. The van der Waals surface area contributed by atoms with Gasteiger partial charge in [0.1, 0.15) is 18.2 Å². The van der Waals surface area contributed by atoms with Gasteiger partial charge in [-0.3, -0.25) is 0 Å². The number of benzene rings is 1. The highest BCUT2D eigenvalue weighted by atomic mass is 19.4. The Morgan fingerprint density at radius 1 is 1.16 bits per heavy atom. The molecule has 0 spiro atoms. The SMILES string of the molecule is CC1CCC(c2nnc(COc3cccc(C(F)(F)F)c3)n2C)CC1. The Balaban J connectivity index is 1.66. The molecule has 25 heavy (non-hydrogen) atoms. The number of nitrogens with zero attached hydrogens (tertiary/aromatic N) is 3. The van der Waals surface area contributed by atoms with Gasteiger partial charge in [0.15, 0.2) is 5.82 Å². The maximum absolute atomic E-state index is 12.7. The number of hydrogen-bond donors (Lipinski definition) is 0. The summed E-state index contributed by atoms with van der Waals surface area (Å²) in [6.07, 6.45) is 0.194. The molecule has 1 fully saturated rings. The van der Waals surface area contributed by atoms with Gasteiger partial charge in [0.25, 0.3) is 0 Å². The molecule has 1 aliphatic rings. The third kappa shape index (κ3) is 4.14. The van der Waals surface area contributed by atoms with Gasteiger partial charge < -0.3 is 9.30 Å². The number of ether oxygens (including phenoxy) is 1. The predicted molar refractivity (Wildman–Crippen MR) is 87.2 cm³/mol. The van der Waals surface area contributed by atoms with Gasteiger partial charge >= 0.3 is 6.18 Å². The quantitative estimate of drug-likeness (QED) is 0.799. The minimum absolute atomic E-state index is 0.0912. The first kappa shape index (κ1) is 17.8. The summed E-state index contributed by atoms with van der Waals surface area (Å²) in [5, 5.41) is 8.45. The van der Waals surface area contributed by atoms with Crippen LogP contribution >= 0.6 is 0 Å². The fourth-order valence-corrected chi connectivity index (χ4v) is 3.28. The molecule has 0 aliphatic heterocycles. The number of aromatic nitrogens is 3. The number of alkyl halides is 3. The van der Waals surface area contributed by atoms with Crippen molar-refractivity contribution in [1.29, 1.82) is 0 Å². The molecular formula is C18H22F3N3O. The van der Waals surface area contributed by atoms with Gasteiger partial charge in [0.2, 0.25) is 0 Å². The standard InChI is InChI=1S/C18H22F3N3O/c1-12-6-8-13(9-7-12)17-23-22-16(24(17)2)11-25-15-5-3-4-14(10-15)18(19,20)21/h3-5,10,12-13H,6-9,11H2,1-2H3. The van der Waals surface area contributed by atoms with E-state index in [9.17, 15) is 13.2 Å². The van der Waals surface area contributed by atoms with Crippen molar-refractivity contribution >= 4 is 0 Å². The first-order valence-corrected chi connectivity index (χ1v) is 8.53. The average Bonchev–Trinajstić information content (AvgIpc) is 2.94. The first-order valence-electron chi connectivity index (χ1n) is 8.53. The van der Waals surface area contributed by atoms with E-state index in [1.807, 2.05) is 11.6 Å². The van der Waals surface area contributed by atoms with E-state index in [0.29, 0.717) is 11.7 Å². The molecule has 1 aliphatic carbocycles. The van der Waals surface area contributed by atoms with Crippen molar-refractivity contribution in [2.75, 3.05) is 0 Å². The summed E-state index contributed by atoms with van der Waals surface area (Å²) in [4.78, 5) is 0. The number of rotatable bonds is 4. The second kappa shape index (κ2) is 7.06. The van der Waals surface area contributed by atoms with Crippen LogP contribution in [0.15, 0.2) is 24.3 Å². The molecule has 0 atom stereocenters. The highest BCUT2D eigenvalue weighted by Crippen LogP contribution is 2.35. The van der Waals surface area contributed by atoms with Crippen LogP contribution in [0.5, 0.6) is 5.75 Å². The van der Waals surface area contributed by atoms with Crippen molar-refractivity contribution in [1.82, 2.24) is 14.8 Å². The van der Waals surface area contributed by atoms with E-state index in [4.69, 9.17) is 4.74 Å². The minimum Gasteiger partial charge on any atom is -0.486 e. The van der Waals surface area contributed by atoms with Crippen LogP contribution in [0.4, 0.5) is 13.2 Å². The molecule has 1 saturated carbocycles. The van der Waals surface area contributed by atoms with Crippen molar-refractivity contribution < 1.29 is 17.9 Å². The highest BCUT2D eigenvalue weighted by Gasteiger charge is 2.30. The van der Waals surface area contributed by atoms with Crippen molar-refractivity contribution in [3.8, 4) is 5.75 Å². The Bertz CT molecular complexity index is 719. The van der Waals surface area contributed by atoms with Gasteiger partial charge in [-0.1, -0.05) is 25.8 Å². The van der Waals surface area contributed by atoms with Crippen LogP contribution in [0.2, 0.25) is 0 Å². The lowest BCUT2D eigenvalue weighted by molar-refractivity contribution is -0.137. The highest BCUT2D eigenvalue weighted by molar-refractivity contribution is 5.30. The van der Waals surface area contributed by atoms with Crippen LogP contribution in [0, 0.1) is 5.92 Å². The van der Waals surface area contributed by atoms with Gasteiger partial charge in [0.05, 0.1) is 5.56 Å². The molecule has 2 aromatic rings. The van der Waals surface area contributed by atoms with Gasteiger partial charge in [-0.25, -0.2) is 0 Å². The van der Waals surface area contributed by atoms with E-state index in [1.165, 1.54) is 25.0 Å². The molecule has 3 rings (SSSR count). The molecule has 1 aromatic heterocycles. The fraction of sp³-hybridized carbons (Fsp3) is 0.556. The monoisotopic (exact) mass is 353 g/mol. The van der Waals surface area contributed by atoms with Crippen LogP contribution in [0.25, 0.3) is 0 Å². The second-order valence-corrected chi connectivity index (χ2v) is 6.80. The molecule has 4 nitrogen and oxygen atoms in total. The molecule has 0 radical (unpaired) electrons. The zero-order valence-corrected chi connectivity index (χ0v) is 14.4. The Hall–Kier alpha value is -2.05. The predicted octanol–water partition coefficient (Wildman–Crippen LogP) is 4.71. The molecule has 136 valence electrons. The summed E-state index contributed by atoms with van der Waals surface area (Å²) >= 11 is 0. The summed E-state index contributed by atoms with van der Waals surface area (Å²) < 4.78 is 45.7. The van der Waals surface area contributed by atoms with Crippen LogP contribution in [0.1, 0.15) is 55.7 Å². The zero-order valence-electron chi connectivity index (χ0n) is 14.4. The Morgan fingerprint density at radius 2 is 1.88 bits per heavy atom. The van der Waals surface area contributed by atoms with E-state index in [-0.39, 0.29) is 12.4 Å². The maximum atomic E-state index is 12.7. The van der Waals surface area contributed by atoms with Crippen LogP contribution in [-0.4, -0.2) is 14.8 Å². The lowest BCUT2D eigenvalue weighted by Crippen LogP contribution is -2.15. The zero-order chi connectivity index (χ0) is 18.0. The topological polar surface area (TPSA) is 39.9 Å². The van der Waals surface area contributed by atoms with E-state index >= 15 is 0 Å². The van der Waals surface area contributed by atoms with E-state index in [1.54, 1.807) is 0 Å². The van der Waals surface area contributed by atoms with Crippen molar-refractivity contribution in [2.24, 2.45) is 13.0 Å². The lowest BCUT2D eigenvalue weighted by Gasteiger charge is -2.25. The van der Waals surface area contributed by atoms with Gasteiger partial charge in [0, 0.05) is 13.0 Å². The molecule has 0 bridgehead atoms. The minimum atomic E-state index is -4.38. The summed E-state index contributed by atoms with van der Waals surface area (Å²) in [5.41, 5.74) is -0.722. The normalized spacial score (nSPS) is 21.3. The second-order valence-electron chi connectivity index (χ2n) is 6.80. The van der Waals surface area contributed by atoms with Gasteiger partial charge in [-0.2, -0.15) is 13.2 Å². The largest absolute Gasteiger partial charge is 0.486 e. The van der Waals surface area contributed by atoms with E-state index < -0.39 is 11.7 Å². The smallest absolute Gasteiger partial charge is 0.416 e. The van der Waals surface area contributed by atoms with Crippen LogP contribution in [-0.2, 0) is 19.8 Å². The fourth-order valence-electron chi connectivity index (χ4n) is 3.28. The van der Waals surface area contributed by atoms with Crippen LogP contribution in [0.3, 0.4) is 0 Å². The maximum Gasteiger partial charge on any atom is 0.416 e. The summed E-state index contributed by atoms with van der Waals surface area (Å²) in [7, 11) is 1.89. The summed E-state index contributed by atoms with van der Waals surface area (Å²) in [6.45, 7) is 2.36. The van der Waals surface area contributed by atoms with Crippen molar-refractivity contribution in [3.05, 3.63) is 41.5 Å². The molecule has 1 aromatic carbocycles. The molecule has 0 saturated heterocycles. The molecule has 0 amide bonds. The Kier molecular flexibility index (Phi) is 5.01. The Labute approximate surface area is 145 Å². The number of hydrogen-bond acceptors (Lipinski definition) is 3. The molecule has 7 heteroatoms. The molecular weight excluding hydrogens is 331 g/mol. The third-order valence-electron chi connectivity index (χ3n) is 4.91. The van der Waals surface area contributed by atoms with Gasteiger partial charge in [-0.15, -0.1) is 10.2 Å². The summed E-state index contributed by atoms with van der Waals surface area (Å²) in [6, 6.07) is 4.87. The lowest BCUT2D eigenvalue weighted by atomic mass is 9.82. The van der Waals surface area contributed by atoms with Gasteiger partial charge in [-0.05, 0) is 37.0 Å². The number of halogens is 3. The van der Waals surface area contributed by atoms with E-state index in [0.717, 1.165) is 36.7 Å². The van der Waals surface area contributed by atoms with E-state index in [2.05, 4.69) is 17.1 Å². The molecule has 1 heterocycles. The van der Waals surface area contributed by atoms with Crippen LogP contribution < -0.4 is 4.74 Å².